The molecular formula is C11H17NO. The third-order valence-corrected chi connectivity index (χ3v) is 2.34. The van der Waals surface area contributed by atoms with Gasteiger partial charge in [0.15, 0.2) is 0 Å². The summed E-state index contributed by atoms with van der Waals surface area (Å²) in [6.45, 7) is 6.12. The fourth-order valence-electron chi connectivity index (χ4n) is 1.34. The molecule has 1 rings (SSSR count). The molecule has 72 valence electrons. The Morgan fingerprint density at radius 3 is 2.23 bits per heavy atom. The van der Waals surface area contributed by atoms with E-state index in [-0.39, 0.29) is 6.04 Å². The van der Waals surface area contributed by atoms with Crippen LogP contribution in [0.1, 0.15) is 29.7 Å². The van der Waals surface area contributed by atoms with E-state index in [1.807, 2.05) is 13.0 Å². The lowest BCUT2D eigenvalue weighted by molar-refractivity contribution is 0.406. The van der Waals surface area contributed by atoms with Gasteiger partial charge >= 0.3 is 0 Å². The van der Waals surface area contributed by atoms with Gasteiger partial charge in [-0.1, -0.05) is 6.07 Å². The van der Waals surface area contributed by atoms with E-state index in [0.717, 1.165) is 11.3 Å². The Hall–Kier alpha value is -1.02. The molecule has 2 nitrogen and oxygen atoms in total. The lowest BCUT2D eigenvalue weighted by atomic mass is 10.0. The fourth-order valence-corrected chi connectivity index (χ4v) is 1.34. The monoisotopic (exact) mass is 179 g/mol. The Bertz CT molecular complexity index is 305. The van der Waals surface area contributed by atoms with E-state index in [2.05, 4.69) is 19.9 Å². The second-order valence-corrected chi connectivity index (χ2v) is 3.47. The van der Waals surface area contributed by atoms with Crippen LogP contribution in [0, 0.1) is 13.8 Å². The molecule has 0 radical (unpaired) electrons. The molecule has 0 saturated carbocycles. The van der Waals surface area contributed by atoms with Crippen molar-refractivity contribution in [3.05, 3.63) is 28.8 Å². The predicted molar refractivity (Wildman–Crippen MR) is 55.1 cm³/mol. The quantitative estimate of drug-likeness (QED) is 0.756. The van der Waals surface area contributed by atoms with Gasteiger partial charge < -0.3 is 10.5 Å². The minimum atomic E-state index is 0.0225. The van der Waals surface area contributed by atoms with Crippen LogP contribution < -0.4 is 10.5 Å². The molecule has 1 aromatic rings. The first-order valence-corrected chi connectivity index (χ1v) is 4.47. The average molecular weight is 179 g/mol. The summed E-state index contributed by atoms with van der Waals surface area (Å²) in [7, 11) is 1.68. The molecule has 0 bridgehead atoms. The maximum Gasteiger partial charge on any atom is 0.123 e. The van der Waals surface area contributed by atoms with Gasteiger partial charge in [0.2, 0.25) is 0 Å². The molecule has 1 atom stereocenters. The van der Waals surface area contributed by atoms with Crippen molar-refractivity contribution in [2.24, 2.45) is 5.73 Å². The maximum atomic E-state index is 5.83. The zero-order chi connectivity index (χ0) is 10.0. The van der Waals surface area contributed by atoms with Crippen LogP contribution in [0.2, 0.25) is 0 Å². The Labute approximate surface area is 79.7 Å². The van der Waals surface area contributed by atoms with Crippen LogP contribution in [-0.4, -0.2) is 7.11 Å². The molecule has 1 aromatic carbocycles. The lowest BCUT2D eigenvalue weighted by Crippen LogP contribution is -2.07. The van der Waals surface area contributed by atoms with Gasteiger partial charge in [0.1, 0.15) is 5.75 Å². The largest absolute Gasteiger partial charge is 0.496 e. The smallest absolute Gasteiger partial charge is 0.123 e. The van der Waals surface area contributed by atoms with Crippen molar-refractivity contribution >= 4 is 0 Å². The third kappa shape index (κ3) is 2.01. The highest BCUT2D eigenvalue weighted by Crippen LogP contribution is 2.26. The second kappa shape index (κ2) is 3.79. The van der Waals surface area contributed by atoms with Crippen molar-refractivity contribution in [3.63, 3.8) is 0 Å². The average Bonchev–Trinajstić information content (AvgIpc) is 2.08. The minimum absolute atomic E-state index is 0.0225. The van der Waals surface area contributed by atoms with Gasteiger partial charge in [-0.3, -0.25) is 0 Å². The summed E-state index contributed by atoms with van der Waals surface area (Å²) in [5.41, 5.74) is 9.40. The SMILES string of the molecule is COc1cc(C)c(C)cc1C(C)N. The van der Waals surface area contributed by atoms with Crippen molar-refractivity contribution in [3.8, 4) is 5.75 Å². The summed E-state index contributed by atoms with van der Waals surface area (Å²) in [4.78, 5) is 0. The van der Waals surface area contributed by atoms with E-state index in [4.69, 9.17) is 10.5 Å². The molecule has 0 aliphatic rings. The molecule has 0 fully saturated rings. The molecule has 2 heteroatoms. The molecular weight excluding hydrogens is 162 g/mol. The topological polar surface area (TPSA) is 35.2 Å². The number of hydrogen-bond donors (Lipinski definition) is 1. The predicted octanol–water partition coefficient (Wildman–Crippen LogP) is 2.33. The van der Waals surface area contributed by atoms with Gasteiger partial charge in [-0.05, 0) is 38.0 Å². The normalized spacial score (nSPS) is 12.7. The second-order valence-electron chi connectivity index (χ2n) is 3.47. The standard InChI is InChI=1S/C11H17NO/c1-7-5-10(9(3)12)11(13-4)6-8(7)2/h5-6,9H,12H2,1-4H3. The van der Waals surface area contributed by atoms with E-state index in [9.17, 15) is 0 Å². The van der Waals surface area contributed by atoms with Gasteiger partial charge in [-0.25, -0.2) is 0 Å². The van der Waals surface area contributed by atoms with E-state index < -0.39 is 0 Å². The first-order valence-electron chi connectivity index (χ1n) is 4.47. The summed E-state index contributed by atoms with van der Waals surface area (Å²) < 4.78 is 5.26. The summed E-state index contributed by atoms with van der Waals surface area (Å²) in [6, 6.07) is 4.15. The zero-order valence-corrected chi connectivity index (χ0v) is 8.72. The van der Waals surface area contributed by atoms with E-state index in [0.29, 0.717) is 0 Å². The van der Waals surface area contributed by atoms with Crippen LogP contribution in [-0.2, 0) is 0 Å². The van der Waals surface area contributed by atoms with E-state index in [1.54, 1.807) is 7.11 Å². The van der Waals surface area contributed by atoms with Gasteiger partial charge in [0, 0.05) is 11.6 Å². The van der Waals surface area contributed by atoms with Crippen molar-refractivity contribution in [1.82, 2.24) is 0 Å². The molecule has 1 unspecified atom stereocenters. The number of rotatable bonds is 2. The third-order valence-electron chi connectivity index (χ3n) is 2.34. The number of ether oxygens (including phenoxy) is 1. The first kappa shape index (κ1) is 10.1. The highest BCUT2D eigenvalue weighted by atomic mass is 16.5. The van der Waals surface area contributed by atoms with Crippen LogP contribution in [0.25, 0.3) is 0 Å². The van der Waals surface area contributed by atoms with Gasteiger partial charge in [0.05, 0.1) is 7.11 Å². The van der Waals surface area contributed by atoms with E-state index in [1.165, 1.54) is 11.1 Å². The Morgan fingerprint density at radius 2 is 1.77 bits per heavy atom. The van der Waals surface area contributed by atoms with Crippen molar-refractivity contribution in [2.45, 2.75) is 26.8 Å². The molecule has 0 saturated heterocycles. The highest BCUT2D eigenvalue weighted by molar-refractivity contribution is 5.43. The molecule has 13 heavy (non-hydrogen) atoms. The number of hydrogen-bond acceptors (Lipinski definition) is 2. The Balaban J connectivity index is 3.25. The van der Waals surface area contributed by atoms with Gasteiger partial charge in [-0.15, -0.1) is 0 Å². The van der Waals surface area contributed by atoms with Gasteiger partial charge in [-0.2, -0.15) is 0 Å². The van der Waals surface area contributed by atoms with E-state index >= 15 is 0 Å². The Kier molecular flexibility index (Phi) is 2.94. The van der Waals surface area contributed by atoms with Crippen LogP contribution in [0.15, 0.2) is 12.1 Å². The van der Waals surface area contributed by atoms with Crippen LogP contribution >= 0.6 is 0 Å². The molecule has 0 aliphatic heterocycles. The molecule has 0 spiro atoms. The van der Waals surface area contributed by atoms with Gasteiger partial charge in [0.25, 0.3) is 0 Å². The molecule has 0 heterocycles. The summed E-state index contributed by atoms with van der Waals surface area (Å²) in [6.07, 6.45) is 0. The van der Waals surface area contributed by atoms with Crippen molar-refractivity contribution in [1.29, 1.82) is 0 Å². The molecule has 0 aromatic heterocycles. The molecule has 0 amide bonds. The number of methoxy groups -OCH3 is 1. The van der Waals surface area contributed by atoms with Crippen molar-refractivity contribution in [2.75, 3.05) is 7.11 Å². The van der Waals surface area contributed by atoms with Crippen LogP contribution in [0.5, 0.6) is 5.75 Å². The van der Waals surface area contributed by atoms with Crippen molar-refractivity contribution < 1.29 is 4.74 Å². The van der Waals surface area contributed by atoms with Crippen LogP contribution in [0.3, 0.4) is 0 Å². The number of aryl methyl sites for hydroxylation is 2. The Morgan fingerprint density at radius 1 is 1.23 bits per heavy atom. The number of nitrogens with two attached hydrogens (primary N) is 1. The summed E-state index contributed by atoms with van der Waals surface area (Å²) >= 11 is 0. The molecule has 2 N–H and O–H groups in total. The first-order chi connectivity index (χ1) is 6.06. The maximum absolute atomic E-state index is 5.83. The number of benzene rings is 1. The lowest BCUT2D eigenvalue weighted by Gasteiger charge is -2.14. The van der Waals surface area contributed by atoms with Crippen LogP contribution in [0.4, 0.5) is 0 Å². The summed E-state index contributed by atoms with van der Waals surface area (Å²) in [5, 5.41) is 0. The summed E-state index contributed by atoms with van der Waals surface area (Å²) in [5.74, 6) is 0.887. The molecule has 0 aliphatic carbocycles. The highest BCUT2D eigenvalue weighted by Gasteiger charge is 2.08. The fraction of sp³-hybridized carbons (Fsp3) is 0.455. The zero-order valence-electron chi connectivity index (χ0n) is 8.72. The minimum Gasteiger partial charge on any atom is -0.496 e.